The maximum atomic E-state index is 15.3. The van der Waals surface area contributed by atoms with Crippen molar-refractivity contribution in [1.82, 2.24) is 34.4 Å². The summed E-state index contributed by atoms with van der Waals surface area (Å²) < 4.78 is 22.7. The van der Waals surface area contributed by atoms with Gasteiger partial charge in [0.05, 0.1) is 22.3 Å². The normalized spacial score (nSPS) is 17.8. The fraction of sp³-hybridized carbons (Fsp3) is 0.241. The fourth-order valence-electron chi connectivity index (χ4n) is 5.59. The van der Waals surface area contributed by atoms with Crippen LogP contribution in [0.3, 0.4) is 0 Å². The maximum Gasteiger partial charge on any atom is 0.298 e. The van der Waals surface area contributed by atoms with Crippen LogP contribution >= 0.6 is 11.6 Å². The van der Waals surface area contributed by atoms with Gasteiger partial charge in [-0.25, -0.2) is 28.8 Å². The van der Waals surface area contributed by atoms with Crippen molar-refractivity contribution < 1.29 is 13.9 Å². The summed E-state index contributed by atoms with van der Waals surface area (Å²) in [5.41, 5.74) is 1.78. The van der Waals surface area contributed by atoms with Crippen LogP contribution in [0.2, 0.25) is 5.02 Å². The van der Waals surface area contributed by atoms with Gasteiger partial charge >= 0.3 is 0 Å². The number of hydrogen-bond acceptors (Lipinski definition) is 9. The van der Waals surface area contributed by atoms with Crippen molar-refractivity contribution in [2.75, 3.05) is 23.3 Å². The second-order valence-corrected chi connectivity index (χ2v) is 10.4. The Balaban J connectivity index is 1.14. The number of rotatable bonds is 5. The number of ether oxygens (including phenoxy) is 1. The van der Waals surface area contributed by atoms with E-state index in [1.54, 1.807) is 29.8 Å². The third-order valence-electron chi connectivity index (χ3n) is 7.55. The predicted octanol–water partition coefficient (Wildman–Crippen LogP) is 4.60. The smallest absolute Gasteiger partial charge is 0.298 e. The molecule has 1 N–H and O–H groups in total. The van der Waals surface area contributed by atoms with Crippen LogP contribution in [0.25, 0.3) is 16.7 Å². The number of aromatic nitrogens is 6. The minimum Gasteiger partial charge on any atom is -0.455 e. The molecule has 11 nitrogen and oxygen atoms in total. The van der Waals surface area contributed by atoms with Crippen molar-refractivity contribution in [1.29, 1.82) is 0 Å². The van der Waals surface area contributed by atoms with Crippen molar-refractivity contribution in [3.8, 4) is 23.3 Å². The molecule has 5 aromatic rings. The van der Waals surface area contributed by atoms with Gasteiger partial charge in [-0.2, -0.15) is 5.10 Å². The topological polar surface area (TPSA) is 114 Å². The van der Waals surface area contributed by atoms with Gasteiger partial charge in [0, 0.05) is 37.5 Å². The van der Waals surface area contributed by atoms with E-state index in [2.05, 4.69) is 42.1 Å². The molecule has 1 amide bonds. The molecule has 2 fully saturated rings. The van der Waals surface area contributed by atoms with Crippen molar-refractivity contribution >= 4 is 51.5 Å². The fourth-order valence-corrected chi connectivity index (χ4v) is 5.79. The Kier molecular flexibility index (Phi) is 6.43. The minimum absolute atomic E-state index is 0.0782. The van der Waals surface area contributed by atoms with Crippen molar-refractivity contribution in [2.45, 2.75) is 31.8 Å². The Morgan fingerprint density at radius 2 is 2.05 bits per heavy atom. The molecule has 0 aliphatic carbocycles. The van der Waals surface area contributed by atoms with Crippen molar-refractivity contribution in [2.24, 2.45) is 0 Å². The molecule has 0 saturated carbocycles. The number of hydrogen-bond donors (Lipinski definition) is 1. The van der Waals surface area contributed by atoms with Crippen LogP contribution in [0.4, 0.5) is 21.7 Å². The second-order valence-electron chi connectivity index (χ2n) is 10.0. The highest BCUT2D eigenvalue weighted by Crippen LogP contribution is 2.37. The molecule has 0 unspecified atom stereocenters. The average Bonchev–Trinajstić information content (AvgIpc) is 3.59. The molecule has 2 aliphatic rings. The van der Waals surface area contributed by atoms with Gasteiger partial charge in [-0.05, 0) is 50.0 Å². The minimum atomic E-state index is -0.589. The van der Waals surface area contributed by atoms with Gasteiger partial charge in [0.2, 0.25) is 0 Å². The van der Waals surface area contributed by atoms with Gasteiger partial charge in [0.15, 0.2) is 11.5 Å². The number of piperidine rings is 1. The number of carbonyl (C=O) groups is 1. The molecule has 2 bridgehead atoms. The number of anilines is 3. The Morgan fingerprint density at radius 1 is 1.14 bits per heavy atom. The summed E-state index contributed by atoms with van der Waals surface area (Å²) in [6, 6.07) is 10.1. The second kappa shape index (κ2) is 10.4. The highest BCUT2D eigenvalue weighted by atomic mass is 35.5. The van der Waals surface area contributed by atoms with Crippen molar-refractivity contribution in [3.05, 3.63) is 66.1 Å². The number of carbonyl (C=O) groups excluding carboxylic acids is 1. The van der Waals surface area contributed by atoms with E-state index in [1.165, 1.54) is 24.8 Å². The molecular weight excluding hydrogens is 561 g/mol. The van der Waals surface area contributed by atoms with Crippen LogP contribution in [0, 0.1) is 17.7 Å². The first kappa shape index (κ1) is 25.9. The monoisotopic (exact) mass is 583 g/mol. The molecule has 0 spiro atoms. The number of benzene rings is 1. The average molecular weight is 584 g/mol. The molecule has 2 atom stereocenters. The Hall–Kier alpha value is -5.02. The summed E-state index contributed by atoms with van der Waals surface area (Å²) in [7, 11) is 0. The quantitative estimate of drug-likeness (QED) is 0.297. The van der Waals surface area contributed by atoms with E-state index < -0.39 is 5.82 Å². The number of amides is 1. The summed E-state index contributed by atoms with van der Waals surface area (Å²) in [5.74, 6) is 6.30. The summed E-state index contributed by atoms with van der Waals surface area (Å²) >= 11 is 6.49. The molecule has 210 valence electrons. The lowest BCUT2D eigenvalue weighted by molar-refractivity contribution is -0.127. The highest BCUT2D eigenvalue weighted by molar-refractivity contribution is 6.32. The van der Waals surface area contributed by atoms with Crippen LogP contribution < -0.4 is 15.0 Å². The molecular formula is C29H23ClFN9O2. The number of nitrogens with one attached hydrogen (secondary N) is 1. The van der Waals surface area contributed by atoms with E-state index in [9.17, 15) is 4.79 Å². The molecule has 2 saturated heterocycles. The standard InChI is InChI=1S/C29H23ClFN9O2/c1-2-3-27(41)38-8-6-17-10-18(38)14-39(17)25-5-4-22-28(37-25)29(34-15-32-22)36-23-12-20(30)24(13-21(23)31)42-19-7-9-40-26(11-19)33-16-35-40/h4-5,7,9,11-13,15-18H,6,8,10,14H2,1H3,(H,32,34,36)/t17-,18+/m1/s1. The van der Waals surface area contributed by atoms with Gasteiger partial charge in [0.1, 0.15) is 41.3 Å². The first-order valence-corrected chi connectivity index (χ1v) is 13.7. The highest BCUT2D eigenvalue weighted by Gasteiger charge is 2.41. The predicted molar refractivity (Wildman–Crippen MR) is 154 cm³/mol. The maximum absolute atomic E-state index is 15.3. The van der Waals surface area contributed by atoms with E-state index in [0.29, 0.717) is 41.3 Å². The lowest BCUT2D eigenvalue weighted by Crippen LogP contribution is -2.43. The number of halogens is 2. The largest absolute Gasteiger partial charge is 0.455 e. The zero-order valence-corrected chi connectivity index (χ0v) is 23.1. The SMILES string of the molecule is CC#CC(=O)N1CC[C@@H]2C[C@H]1CN2c1ccc2ncnc(Nc3cc(Cl)c(Oc4ccn5ncnc5c4)cc3F)c2n1. The lowest BCUT2D eigenvalue weighted by Gasteiger charge is -2.31. The van der Waals surface area contributed by atoms with Gasteiger partial charge in [-0.3, -0.25) is 4.79 Å². The summed E-state index contributed by atoms with van der Waals surface area (Å²) in [4.78, 5) is 34.2. The van der Waals surface area contributed by atoms with Crippen LogP contribution in [-0.4, -0.2) is 65.5 Å². The lowest BCUT2D eigenvalue weighted by atomic mass is 10.0. The van der Waals surface area contributed by atoms with E-state index in [-0.39, 0.29) is 34.5 Å². The third-order valence-corrected chi connectivity index (χ3v) is 7.84. The molecule has 1 aromatic carbocycles. The van der Waals surface area contributed by atoms with Crippen LogP contribution in [0.1, 0.15) is 19.8 Å². The molecule has 4 aromatic heterocycles. The Morgan fingerprint density at radius 3 is 2.93 bits per heavy atom. The zero-order chi connectivity index (χ0) is 28.8. The van der Waals surface area contributed by atoms with Crippen molar-refractivity contribution in [3.63, 3.8) is 0 Å². The third kappa shape index (κ3) is 4.67. The first-order valence-electron chi connectivity index (χ1n) is 13.3. The number of likely N-dealkylation sites (tertiary alicyclic amines) is 1. The summed E-state index contributed by atoms with van der Waals surface area (Å²) in [5, 5.41) is 7.28. The van der Waals surface area contributed by atoms with Crippen LogP contribution in [0.15, 0.2) is 55.2 Å². The molecule has 2 aliphatic heterocycles. The Bertz CT molecular complexity index is 1920. The summed E-state index contributed by atoms with van der Waals surface area (Å²) in [6.07, 6.45) is 6.19. The molecule has 42 heavy (non-hydrogen) atoms. The van der Waals surface area contributed by atoms with E-state index in [0.717, 1.165) is 18.7 Å². The van der Waals surface area contributed by atoms with Crippen LogP contribution in [-0.2, 0) is 4.79 Å². The first-order chi connectivity index (χ1) is 20.5. The van der Waals surface area contributed by atoms with Gasteiger partial charge in [-0.1, -0.05) is 17.5 Å². The van der Waals surface area contributed by atoms with Gasteiger partial charge in [-0.15, -0.1) is 0 Å². The molecule has 6 heterocycles. The molecule has 0 radical (unpaired) electrons. The van der Waals surface area contributed by atoms with E-state index in [1.807, 2.05) is 17.0 Å². The van der Waals surface area contributed by atoms with E-state index in [4.69, 9.17) is 21.3 Å². The van der Waals surface area contributed by atoms with Crippen LogP contribution in [0.5, 0.6) is 11.5 Å². The number of nitrogens with zero attached hydrogens (tertiary/aromatic N) is 8. The molecule has 7 rings (SSSR count). The zero-order valence-electron chi connectivity index (χ0n) is 22.3. The molecule has 13 heteroatoms. The summed E-state index contributed by atoms with van der Waals surface area (Å²) in [6.45, 7) is 2.99. The Labute approximate surface area is 244 Å². The van der Waals surface area contributed by atoms with E-state index >= 15 is 4.39 Å². The number of pyridine rings is 2. The van der Waals surface area contributed by atoms with Gasteiger partial charge < -0.3 is 19.9 Å². The number of fused-ring (bicyclic) bond motifs is 4. The van der Waals surface area contributed by atoms with Gasteiger partial charge in [0.25, 0.3) is 5.91 Å².